The maximum absolute atomic E-state index is 13.6. The van der Waals surface area contributed by atoms with Crippen molar-refractivity contribution < 1.29 is 38.6 Å². The van der Waals surface area contributed by atoms with Gasteiger partial charge in [0.1, 0.15) is 28.8 Å². The average molecular weight is 726 g/mol. The fraction of sp³-hybridized carbons (Fsp3) is 0.350. The summed E-state index contributed by atoms with van der Waals surface area (Å²) in [6, 6.07) is 27.0. The zero-order valence-electron chi connectivity index (χ0n) is 30.8. The van der Waals surface area contributed by atoms with Crippen LogP contribution < -0.4 is 16.0 Å². The molecule has 4 aromatic rings. The van der Waals surface area contributed by atoms with E-state index in [0.717, 1.165) is 16.7 Å². The summed E-state index contributed by atoms with van der Waals surface area (Å²) in [5.74, 6) is -3.88. The van der Waals surface area contributed by atoms with Crippen molar-refractivity contribution in [1.82, 2.24) is 25.5 Å². The van der Waals surface area contributed by atoms with Crippen molar-refractivity contribution in [1.29, 1.82) is 0 Å². The molecule has 3 aromatic carbocycles. The van der Waals surface area contributed by atoms with Gasteiger partial charge in [0.2, 0.25) is 11.8 Å². The van der Waals surface area contributed by atoms with E-state index in [-0.39, 0.29) is 6.42 Å². The quantitative estimate of drug-likeness (QED) is 0.107. The maximum Gasteiger partial charge on any atom is 0.408 e. The van der Waals surface area contributed by atoms with Crippen LogP contribution in [0.5, 0.6) is 0 Å². The number of rotatable bonds is 14. The van der Waals surface area contributed by atoms with E-state index in [1.165, 1.54) is 0 Å². The third kappa shape index (κ3) is 11.0. The lowest BCUT2D eigenvalue weighted by atomic mass is 9.77. The molecule has 0 unspecified atom stereocenters. The Kier molecular flexibility index (Phi) is 12.8. The van der Waals surface area contributed by atoms with Gasteiger partial charge in [-0.05, 0) is 58.2 Å². The lowest BCUT2D eigenvalue weighted by molar-refractivity contribution is -0.158. The van der Waals surface area contributed by atoms with Crippen molar-refractivity contribution >= 4 is 29.8 Å². The van der Waals surface area contributed by atoms with Gasteiger partial charge in [0.15, 0.2) is 0 Å². The number of benzene rings is 3. The second kappa shape index (κ2) is 17.0. The first kappa shape index (κ1) is 39.8. The zero-order valence-corrected chi connectivity index (χ0v) is 30.8. The maximum atomic E-state index is 13.6. The molecule has 13 nitrogen and oxygen atoms in total. The zero-order chi connectivity index (χ0) is 38.8. The number of amides is 3. The molecule has 53 heavy (non-hydrogen) atoms. The summed E-state index contributed by atoms with van der Waals surface area (Å²) in [6.45, 7) is 9.30. The van der Waals surface area contributed by atoms with E-state index >= 15 is 0 Å². The van der Waals surface area contributed by atoms with Crippen LogP contribution in [-0.4, -0.2) is 74.3 Å². The van der Waals surface area contributed by atoms with Crippen molar-refractivity contribution in [2.75, 3.05) is 6.54 Å². The van der Waals surface area contributed by atoms with Crippen LogP contribution in [-0.2, 0) is 40.6 Å². The van der Waals surface area contributed by atoms with Crippen LogP contribution in [0.15, 0.2) is 104 Å². The lowest BCUT2D eigenvalue weighted by Crippen LogP contribution is -2.52. The molecule has 0 saturated carbocycles. The summed E-state index contributed by atoms with van der Waals surface area (Å²) in [5.41, 5.74) is 0.730. The van der Waals surface area contributed by atoms with Gasteiger partial charge in [-0.1, -0.05) is 91.0 Å². The van der Waals surface area contributed by atoms with Crippen LogP contribution in [0.3, 0.4) is 0 Å². The van der Waals surface area contributed by atoms with Crippen molar-refractivity contribution in [2.24, 2.45) is 0 Å². The number of aliphatic carboxylic acids is 1. The van der Waals surface area contributed by atoms with Crippen molar-refractivity contribution in [2.45, 2.75) is 83.2 Å². The fourth-order valence-corrected chi connectivity index (χ4v) is 5.79. The Labute approximate surface area is 309 Å². The second-order valence-corrected chi connectivity index (χ2v) is 14.5. The highest BCUT2D eigenvalue weighted by atomic mass is 16.6. The van der Waals surface area contributed by atoms with E-state index in [9.17, 15) is 29.1 Å². The number of aromatic nitrogens is 2. The second-order valence-electron chi connectivity index (χ2n) is 14.5. The molecular formula is C40H47N5O8. The highest BCUT2D eigenvalue weighted by Crippen LogP contribution is 2.40. The van der Waals surface area contributed by atoms with Gasteiger partial charge in [0, 0.05) is 12.6 Å². The van der Waals surface area contributed by atoms with Gasteiger partial charge in [0.05, 0.1) is 25.0 Å². The summed E-state index contributed by atoms with van der Waals surface area (Å²) in [7, 11) is 0. The predicted octanol–water partition coefficient (Wildman–Crippen LogP) is 4.58. The highest BCUT2D eigenvalue weighted by molar-refractivity contribution is 5.92. The first-order chi connectivity index (χ1) is 25.0. The molecule has 1 aromatic heterocycles. The number of ether oxygens (including phenoxy) is 2. The number of carboxylic acids is 1. The summed E-state index contributed by atoms with van der Waals surface area (Å²) in [5, 5.41) is 16.9. The third-order valence-electron chi connectivity index (χ3n) is 7.87. The van der Waals surface area contributed by atoms with Crippen molar-refractivity contribution in [3.63, 3.8) is 0 Å². The normalized spacial score (nSPS) is 12.9. The number of carbonyl (C=O) groups is 5. The van der Waals surface area contributed by atoms with Gasteiger partial charge >= 0.3 is 18.0 Å². The Hall–Kier alpha value is -5.98. The van der Waals surface area contributed by atoms with E-state index in [2.05, 4.69) is 20.9 Å². The molecule has 280 valence electrons. The van der Waals surface area contributed by atoms with Gasteiger partial charge in [-0.15, -0.1) is 0 Å². The van der Waals surface area contributed by atoms with Crippen LogP contribution >= 0.6 is 0 Å². The Morgan fingerprint density at radius 1 is 0.717 bits per heavy atom. The summed E-state index contributed by atoms with van der Waals surface area (Å²) in [4.78, 5) is 68.0. The summed E-state index contributed by atoms with van der Waals surface area (Å²) >= 11 is 0. The Bertz CT molecular complexity index is 1770. The van der Waals surface area contributed by atoms with E-state index in [4.69, 9.17) is 9.47 Å². The number of nitrogens with zero attached hydrogens (tertiary/aromatic N) is 2. The Morgan fingerprint density at radius 3 is 1.66 bits per heavy atom. The lowest BCUT2D eigenvalue weighted by Gasteiger charge is -2.37. The Balaban J connectivity index is 1.62. The molecular weight excluding hydrogens is 678 g/mol. The van der Waals surface area contributed by atoms with Gasteiger partial charge in [-0.3, -0.25) is 14.4 Å². The molecule has 1 heterocycles. The van der Waals surface area contributed by atoms with Crippen LogP contribution in [0, 0.1) is 0 Å². The third-order valence-corrected chi connectivity index (χ3v) is 7.87. The fourth-order valence-electron chi connectivity index (χ4n) is 5.79. The SMILES string of the molecule is CC(C)(C)OC(=O)C[C@H](NC(=O)CNC(=O)[C@H](Cc1cn(C(c2ccccc2)(c2ccccc2)c2ccccc2)cn1)NC(=O)OC(C)(C)C)C(=O)O. The van der Waals surface area contributed by atoms with Crippen molar-refractivity contribution in [3.05, 3.63) is 126 Å². The van der Waals surface area contributed by atoms with Crippen LogP contribution in [0.1, 0.15) is 70.3 Å². The topological polar surface area (TPSA) is 178 Å². The van der Waals surface area contributed by atoms with E-state index < -0.39 is 71.6 Å². The van der Waals surface area contributed by atoms with Crippen molar-refractivity contribution in [3.8, 4) is 0 Å². The number of hydrogen-bond donors (Lipinski definition) is 4. The molecule has 0 aliphatic rings. The largest absolute Gasteiger partial charge is 0.480 e. The number of hydrogen-bond acceptors (Lipinski definition) is 8. The molecule has 0 saturated heterocycles. The van der Waals surface area contributed by atoms with Gasteiger partial charge in [-0.25, -0.2) is 14.6 Å². The van der Waals surface area contributed by atoms with E-state index in [0.29, 0.717) is 5.69 Å². The number of alkyl carbamates (subject to hydrolysis) is 1. The van der Waals surface area contributed by atoms with Crippen LogP contribution in [0.2, 0.25) is 0 Å². The number of imidazole rings is 1. The minimum Gasteiger partial charge on any atom is -0.480 e. The minimum absolute atomic E-state index is 0.0927. The summed E-state index contributed by atoms with van der Waals surface area (Å²) < 4.78 is 12.6. The first-order valence-electron chi connectivity index (χ1n) is 17.2. The van der Waals surface area contributed by atoms with Crippen LogP contribution in [0.25, 0.3) is 0 Å². The smallest absolute Gasteiger partial charge is 0.408 e. The Morgan fingerprint density at radius 2 is 1.21 bits per heavy atom. The first-order valence-corrected chi connectivity index (χ1v) is 17.2. The highest BCUT2D eigenvalue weighted by Gasteiger charge is 2.39. The van der Waals surface area contributed by atoms with Gasteiger partial charge < -0.3 is 35.1 Å². The molecule has 0 fully saturated rings. The molecule has 13 heteroatoms. The average Bonchev–Trinajstić information content (AvgIpc) is 3.55. The molecule has 0 bridgehead atoms. The van der Waals surface area contributed by atoms with Gasteiger partial charge in [-0.2, -0.15) is 0 Å². The molecule has 2 atom stereocenters. The summed E-state index contributed by atoms with van der Waals surface area (Å²) in [6.07, 6.45) is 1.91. The number of carboxylic acid groups (broad SMARTS) is 1. The molecule has 0 spiro atoms. The molecule has 0 aliphatic carbocycles. The van der Waals surface area contributed by atoms with Crippen LogP contribution in [0.4, 0.5) is 4.79 Å². The molecule has 4 rings (SSSR count). The number of esters is 1. The standard InChI is InChI=1S/C40H47N5O8/c1-38(2,3)52-34(47)23-32(36(49)50)43-33(46)24-41-35(48)31(44-37(51)53-39(4,5)6)22-30-25-45(26-42-30)40(27-16-10-7-11-17-27,28-18-12-8-13-19-28)29-20-14-9-15-21-29/h7-21,25-26,31-32H,22-24H2,1-6H3,(H,41,48)(H,43,46)(H,44,51)(H,49,50)/t31-,32-/m0/s1. The molecule has 3 amide bonds. The predicted molar refractivity (Wildman–Crippen MR) is 197 cm³/mol. The number of carbonyl (C=O) groups excluding carboxylic acids is 4. The molecule has 0 radical (unpaired) electrons. The monoisotopic (exact) mass is 725 g/mol. The molecule has 0 aliphatic heterocycles. The molecule has 4 N–H and O–H groups in total. The minimum atomic E-state index is -1.59. The van der Waals surface area contributed by atoms with E-state index in [1.807, 2.05) is 102 Å². The number of nitrogens with one attached hydrogen (secondary N) is 3. The van der Waals surface area contributed by atoms with E-state index in [1.54, 1.807) is 47.9 Å². The van der Waals surface area contributed by atoms with Gasteiger partial charge in [0.25, 0.3) is 0 Å².